The summed E-state index contributed by atoms with van der Waals surface area (Å²) in [4.78, 5) is 6.88. The molecular formula is C9H15N3S. The average molecular weight is 197 g/mol. The molecule has 0 bridgehead atoms. The quantitative estimate of drug-likeness (QED) is 0.790. The molecule has 0 spiro atoms. The molecule has 3 nitrogen and oxygen atoms in total. The van der Waals surface area contributed by atoms with Crippen molar-refractivity contribution in [3.63, 3.8) is 0 Å². The molecule has 72 valence electrons. The molecule has 13 heavy (non-hydrogen) atoms. The van der Waals surface area contributed by atoms with Gasteiger partial charge in [-0.1, -0.05) is 0 Å². The summed E-state index contributed by atoms with van der Waals surface area (Å²) in [6.07, 6.45) is 0. The third-order valence-corrected chi connectivity index (χ3v) is 3.39. The molecule has 2 rings (SSSR count). The topological polar surface area (TPSA) is 28.2 Å². The summed E-state index contributed by atoms with van der Waals surface area (Å²) in [5, 5.41) is 6.58. The fraction of sp³-hybridized carbons (Fsp3) is 0.667. The molecule has 0 aromatic carbocycles. The van der Waals surface area contributed by atoms with E-state index in [9.17, 15) is 0 Å². The molecule has 0 atom stereocenters. The molecule has 0 amide bonds. The molecule has 1 fully saturated rings. The second-order valence-corrected chi connectivity index (χ2v) is 4.21. The fourth-order valence-electron chi connectivity index (χ4n) is 1.52. The number of aromatic nitrogens is 1. The van der Waals surface area contributed by atoms with Crippen molar-refractivity contribution < 1.29 is 0 Å². The first-order valence-electron chi connectivity index (χ1n) is 4.70. The van der Waals surface area contributed by atoms with E-state index in [1.54, 1.807) is 11.3 Å². The van der Waals surface area contributed by atoms with Crippen LogP contribution in [0.5, 0.6) is 0 Å². The molecule has 0 aliphatic carbocycles. The van der Waals surface area contributed by atoms with Gasteiger partial charge in [0.2, 0.25) is 0 Å². The van der Waals surface area contributed by atoms with Crippen molar-refractivity contribution in [2.24, 2.45) is 0 Å². The van der Waals surface area contributed by atoms with Gasteiger partial charge in [0.1, 0.15) is 0 Å². The lowest BCUT2D eigenvalue weighted by molar-refractivity contribution is 0.417. The van der Waals surface area contributed by atoms with Crippen molar-refractivity contribution in [3.8, 4) is 0 Å². The van der Waals surface area contributed by atoms with Crippen LogP contribution in [0.2, 0.25) is 0 Å². The number of rotatable bonds is 3. The number of aryl methyl sites for hydroxylation is 1. The van der Waals surface area contributed by atoms with Gasteiger partial charge >= 0.3 is 0 Å². The number of nitrogens with one attached hydrogen (secondary N) is 1. The van der Waals surface area contributed by atoms with Gasteiger partial charge in [-0.25, -0.2) is 4.98 Å². The number of hydrogen-bond donors (Lipinski definition) is 1. The number of hydrogen-bond acceptors (Lipinski definition) is 4. The Kier molecular flexibility index (Phi) is 2.51. The third-order valence-electron chi connectivity index (χ3n) is 2.39. The number of anilines is 1. The van der Waals surface area contributed by atoms with Crippen molar-refractivity contribution in [1.82, 2.24) is 10.3 Å². The maximum Gasteiger partial charge on any atom is 0.185 e. The first kappa shape index (κ1) is 8.97. The Hall–Kier alpha value is -0.610. The van der Waals surface area contributed by atoms with E-state index in [-0.39, 0.29) is 0 Å². The highest BCUT2D eigenvalue weighted by Gasteiger charge is 2.24. The minimum Gasteiger partial charge on any atom is -0.343 e. The summed E-state index contributed by atoms with van der Waals surface area (Å²) in [6.45, 7) is 7.50. The Morgan fingerprint density at radius 1 is 1.69 bits per heavy atom. The SMILES string of the molecule is CCN(c1nc(C)cs1)C1CNC1. The molecule has 1 aromatic rings. The molecule has 0 radical (unpaired) electrons. The van der Waals surface area contributed by atoms with E-state index in [0.29, 0.717) is 6.04 Å². The van der Waals surface area contributed by atoms with E-state index >= 15 is 0 Å². The normalized spacial score (nSPS) is 17.1. The van der Waals surface area contributed by atoms with Crippen molar-refractivity contribution in [3.05, 3.63) is 11.1 Å². The Morgan fingerprint density at radius 3 is 2.85 bits per heavy atom. The molecule has 4 heteroatoms. The van der Waals surface area contributed by atoms with Gasteiger partial charge < -0.3 is 10.2 Å². The second-order valence-electron chi connectivity index (χ2n) is 3.37. The molecule has 1 aliphatic rings. The van der Waals surface area contributed by atoms with Crippen LogP contribution in [-0.4, -0.2) is 30.7 Å². The first-order chi connectivity index (χ1) is 6.31. The maximum absolute atomic E-state index is 4.50. The summed E-state index contributed by atoms with van der Waals surface area (Å²) in [7, 11) is 0. The number of thiazole rings is 1. The van der Waals surface area contributed by atoms with E-state index in [1.807, 2.05) is 6.92 Å². The molecule has 1 aromatic heterocycles. The minimum atomic E-state index is 0.663. The Balaban J connectivity index is 2.11. The van der Waals surface area contributed by atoms with Crippen LogP contribution >= 0.6 is 11.3 Å². The highest BCUT2D eigenvalue weighted by Crippen LogP contribution is 2.22. The van der Waals surface area contributed by atoms with E-state index in [4.69, 9.17) is 0 Å². The van der Waals surface area contributed by atoms with E-state index in [1.165, 1.54) is 5.13 Å². The minimum absolute atomic E-state index is 0.663. The van der Waals surface area contributed by atoms with Gasteiger partial charge in [-0.3, -0.25) is 0 Å². The molecular weight excluding hydrogens is 182 g/mol. The van der Waals surface area contributed by atoms with Crippen LogP contribution < -0.4 is 10.2 Å². The zero-order valence-electron chi connectivity index (χ0n) is 8.08. The van der Waals surface area contributed by atoms with Crippen molar-refractivity contribution in [2.75, 3.05) is 24.5 Å². The zero-order valence-corrected chi connectivity index (χ0v) is 8.90. The Morgan fingerprint density at radius 2 is 2.46 bits per heavy atom. The molecule has 1 aliphatic heterocycles. The van der Waals surface area contributed by atoms with Crippen molar-refractivity contribution in [1.29, 1.82) is 0 Å². The van der Waals surface area contributed by atoms with Gasteiger partial charge in [-0.2, -0.15) is 0 Å². The van der Waals surface area contributed by atoms with Crippen LogP contribution in [0.1, 0.15) is 12.6 Å². The van der Waals surface area contributed by atoms with Gasteiger partial charge in [0.05, 0.1) is 11.7 Å². The first-order valence-corrected chi connectivity index (χ1v) is 5.58. The fourth-order valence-corrected chi connectivity index (χ4v) is 2.46. The smallest absolute Gasteiger partial charge is 0.185 e. The zero-order chi connectivity index (χ0) is 9.26. The summed E-state index contributed by atoms with van der Waals surface area (Å²) >= 11 is 1.75. The highest BCUT2D eigenvalue weighted by atomic mass is 32.1. The predicted molar refractivity (Wildman–Crippen MR) is 56.5 cm³/mol. The Bertz CT molecular complexity index is 280. The van der Waals surface area contributed by atoms with Crippen LogP contribution in [0.4, 0.5) is 5.13 Å². The van der Waals surface area contributed by atoms with Gasteiger partial charge in [0.15, 0.2) is 5.13 Å². The maximum atomic E-state index is 4.50. The summed E-state index contributed by atoms with van der Waals surface area (Å²) in [5.41, 5.74) is 1.13. The van der Waals surface area contributed by atoms with E-state index in [0.717, 1.165) is 25.3 Å². The average Bonchev–Trinajstić information content (AvgIpc) is 2.43. The van der Waals surface area contributed by atoms with Crippen LogP contribution in [0.3, 0.4) is 0 Å². The van der Waals surface area contributed by atoms with E-state index < -0.39 is 0 Å². The van der Waals surface area contributed by atoms with E-state index in [2.05, 4.69) is 27.5 Å². The Labute approximate surface area is 82.8 Å². The predicted octanol–water partition coefficient (Wildman–Crippen LogP) is 1.25. The number of likely N-dealkylation sites (N-methyl/N-ethyl adjacent to an activating group) is 1. The summed E-state index contributed by atoms with van der Waals surface area (Å²) in [5.74, 6) is 0. The van der Waals surface area contributed by atoms with Crippen LogP contribution in [0.15, 0.2) is 5.38 Å². The second kappa shape index (κ2) is 3.64. The highest BCUT2D eigenvalue weighted by molar-refractivity contribution is 7.13. The van der Waals surface area contributed by atoms with Gasteiger partial charge in [-0.15, -0.1) is 11.3 Å². The monoisotopic (exact) mass is 197 g/mol. The summed E-state index contributed by atoms with van der Waals surface area (Å²) < 4.78 is 0. The van der Waals surface area contributed by atoms with Crippen molar-refractivity contribution in [2.45, 2.75) is 19.9 Å². The van der Waals surface area contributed by atoms with Gasteiger partial charge in [0.25, 0.3) is 0 Å². The lowest BCUT2D eigenvalue weighted by Gasteiger charge is -2.37. The number of nitrogens with zero attached hydrogens (tertiary/aromatic N) is 2. The largest absolute Gasteiger partial charge is 0.343 e. The standard InChI is InChI=1S/C9H15N3S/c1-3-12(8-4-10-5-8)9-11-7(2)6-13-9/h6,8,10H,3-5H2,1-2H3. The van der Waals surface area contributed by atoms with Crippen LogP contribution in [0.25, 0.3) is 0 Å². The van der Waals surface area contributed by atoms with Gasteiger partial charge in [0, 0.05) is 25.0 Å². The van der Waals surface area contributed by atoms with Crippen LogP contribution in [0, 0.1) is 6.92 Å². The van der Waals surface area contributed by atoms with Crippen molar-refractivity contribution >= 4 is 16.5 Å². The lowest BCUT2D eigenvalue weighted by atomic mass is 10.1. The molecule has 1 saturated heterocycles. The molecule has 2 heterocycles. The van der Waals surface area contributed by atoms with Crippen LogP contribution in [-0.2, 0) is 0 Å². The van der Waals surface area contributed by atoms with Gasteiger partial charge in [-0.05, 0) is 13.8 Å². The molecule has 0 unspecified atom stereocenters. The molecule has 0 saturated carbocycles. The third kappa shape index (κ3) is 1.69. The lowest BCUT2D eigenvalue weighted by Crippen LogP contribution is -2.57. The molecule has 1 N–H and O–H groups in total. The summed E-state index contributed by atoms with van der Waals surface area (Å²) in [6, 6.07) is 0.663.